The highest BCUT2D eigenvalue weighted by atomic mass is 16.5. The van der Waals surface area contributed by atoms with Crippen molar-refractivity contribution in [3.8, 4) is 0 Å². The summed E-state index contributed by atoms with van der Waals surface area (Å²) in [7, 11) is 0. The molecule has 112 valence electrons. The van der Waals surface area contributed by atoms with Gasteiger partial charge in [-0.15, -0.1) is 0 Å². The smallest absolute Gasteiger partial charge is 0.229 e. The molecule has 0 amide bonds. The molecule has 1 aromatic heterocycles. The lowest BCUT2D eigenvalue weighted by Gasteiger charge is -2.37. The average molecular weight is 279 g/mol. The minimum Gasteiger partial charge on any atom is -0.339 e. The Kier molecular flexibility index (Phi) is 4.33. The summed E-state index contributed by atoms with van der Waals surface area (Å²) >= 11 is 0. The van der Waals surface area contributed by atoms with Crippen LogP contribution in [0.2, 0.25) is 0 Å². The Bertz CT molecular complexity index is 419. The van der Waals surface area contributed by atoms with Crippen LogP contribution >= 0.6 is 0 Å². The van der Waals surface area contributed by atoms with Crippen molar-refractivity contribution in [3.05, 3.63) is 11.7 Å². The van der Waals surface area contributed by atoms with E-state index in [-0.39, 0.29) is 0 Å². The van der Waals surface area contributed by atoms with Crippen molar-refractivity contribution < 1.29 is 4.52 Å². The normalized spacial score (nSPS) is 25.6. The maximum absolute atomic E-state index is 5.26. The first kappa shape index (κ1) is 14.0. The highest BCUT2D eigenvalue weighted by Gasteiger charge is 2.26. The summed E-state index contributed by atoms with van der Waals surface area (Å²) in [6.07, 6.45) is 1.29. The molecule has 0 radical (unpaired) electrons. The SMILES string of the molecule is CC(C)c1nc(CN2CCN(C3CCNC3)CC2)no1. The fourth-order valence-electron chi connectivity index (χ4n) is 3.00. The Hall–Kier alpha value is -0.980. The highest BCUT2D eigenvalue weighted by molar-refractivity contribution is 4.92. The van der Waals surface area contributed by atoms with E-state index in [1.165, 1.54) is 13.0 Å². The zero-order chi connectivity index (χ0) is 13.9. The van der Waals surface area contributed by atoms with Crippen molar-refractivity contribution >= 4 is 0 Å². The van der Waals surface area contributed by atoms with Gasteiger partial charge in [0.1, 0.15) is 0 Å². The lowest BCUT2D eigenvalue weighted by Crippen LogP contribution is -2.50. The van der Waals surface area contributed by atoms with E-state index in [2.05, 4.69) is 39.1 Å². The summed E-state index contributed by atoms with van der Waals surface area (Å²) in [6.45, 7) is 11.8. The third kappa shape index (κ3) is 3.19. The van der Waals surface area contributed by atoms with Crippen molar-refractivity contribution in [2.45, 2.75) is 38.8 Å². The molecule has 0 spiro atoms. The van der Waals surface area contributed by atoms with Crippen molar-refractivity contribution in [1.29, 1.82) is 0 Å². The monoisotopic (exact) mass is 279 g/mol. The molecule has 2 saturated heterocycles. The number of aromatic nitrogens is 2. The van der Waals surface area contributed by atoms with Crippen LogP contribution in [-0.4, -0.2) is 65.3 Å². The third-order valence-corrected chi connectivity index (χ3v) is 4.30. The second-order valence-corrected chi connectivity index (χ2v) is 6.16. The average Bonchev–Trinajstić information content (AvgIpc) is 3.10. The number of piperazine rings is 1. The van der Waals surface area contributed by atoms with Crippen molar-refractivity contribution in [2.24, 2.45) is 0 Å². The number of hydrogen-bond acceptors (Lipinski definition) is 6. The van der Waals surface area contributed by atoms with Gasteiger partial charge in [0.05, 0.1) is 6.54 Å². The molecule has 2 aliphatic rings. The van der Waals surface area contributed by atoms with Gasteiger partial charge in [-0.05, 0) is 13.0 Å². The molecule has 3 rings (SSSR count). The highest BCUT2D eigenvalue weighted by Crippen LogP contribution is 2.15. The maximum Gasteiger partial charge on any atom is 0.229 e. The topological polar surface area (TPSA) is 57.4 Å². The first-order valence-electron chi connectivity index (χ1n) is 7.72. The van der Waals surface area contributed by atoms with E-state index in [1.54, 1.807) is 0 Å². The van der Waals surface area contributed by atoms with E-state index in [0.29, 0.717) is 5.92 Å². The molecule has 3 heterocycles. The van der Waals surface area contributed by atoms with E-state index in [1.807, 2.05) is 0 Å². The van der Waals surface area contributed by atoms with Crippen molar-refractivity contribution in [3.63, 3.8) is 0 Å². The van der Waals surface area contributed by atoms with Gasteiger partial charge in [0.15, 0.2) is 5.82 Å². The predicted molar refractivity (Wildman–Crippen MR) is 76.5 cm³/mol. The number of rotatable bonds is 4. The Morgan fingerprint density at radius 1 is 1.30 bits per heavy atom. The Morgan fingerprint density at radius 3 is 2.70 bits per heavy atom. The molecule has 0 aromatic carbocycles. The Labute approximate surface area is 120 Å². The fourth-order valence-corrected chi connectivity index (χ4v) is 3.00. The van der Waals surface area contributed by atoms with Crippen LogP contribution in [0.4, 0.5) is 0 Å². The molecule has 1 N–H and O–H groups in total. The van der Waals surface area contributed by atoms with Crippen LogP contribution in [0.3, 0.4) is 0 Å². The molecule has 6 heteroatoms. The summed E-state index contributed by atoms with van der Waals surface area (Å²) in [5, 5.41) is 7.52. The van der Waals surface area contributed by atoms with E-state index in [0.717, 1.165) is 57.0 Å². The Morgan fingerprint density at radius 2 is 2.10 bits per heavy atom. The molecule has 0 saturated carbocycles. The Balaban J connectivity index is 1.48. The van der Waals surface area contributed by atoms with Gasteiger partial charge in [-0.2, -0.15) is 4.98 Å². The number of hydrogen-bond donors (Lipinski definition) is 1. The summed E-state index contributed by atoms with van der Waals surface area (Å²) in [5.74, 6) is 1.88. The lowest BCUT2D eigenvalue weighted by molar-refractivity contribution is 0.0959. The van der Waals surface area contributed by atoms with Crippen LogP contribution in [-0.2, 0) is 6.54 Å². The minimum absolute atomic E-state index is 0.308. The van der Waals surface area contributed by atoms with Gasteiger partial charge in [0.25, 0.3) is 0 Å². The van der Waals surface area contributed by atoms with Crippen LogP contribution in [0.25, 0.3) is 0 Å². The molecule has 6 nitrogen and oxygen atoms in total. The minimum atomic E-state index is 0.308. The predicted octanol–water partition coefficient (Wildman–Crippen LogP) is 0.673. The standard InChI is InChI=1S/C14H25N5O/c1-11(2)14-16-13(17-20-14)10-18-5-7-19(8-6-18)12-3-4-15-9-12/h11-12,15H,3-10H2,1-2H3. The van der Waals surface area contributed by atoms with Gasteiger partial charge in [-0.25, -0.2) is 0 Å². The zero-order valence-corrected chi connectivity index (χ0v) is 12.5. The van der Waals surface area contributed by atoms with Crippen LogP contribution in [0.1, 0.15) is 37.9 Å². The summed E-state index contributed by atoms with van der Waals surface area (Å²) in [4.78, 5) is 9.50. The molecular weight excluding hydrogens is 254 g/mol. The molecule has 2 fully saturated rings. The molecule has 1 aromatic rings. The third-order valence-electron chi connectivity index (χ3n) is 4.30. The second-order valence-electron chi connectivity index (χ2n) is 6.16. The molecule has 20 heavy (non-hydrogen) atoms. The van der Waals surface area contributed by atoms with Crippen LogP contribution in [0.5, 0.6) is 0 Å². The van der Waals surface area contributed by atoms with Gasteiger partial charge in [-0.1, -0.05) is 19.0 Å². The van der Waals surface area contributed by atoms with Crippen molar-refractivity contribution in [1.82, 2.24) is 25.3 Å². The lowest BCUT2D eigenvalue weighted by atomic mass is 10.2. The van der Waals surface area contributed by atoms with Gasteiger partial charge >= 0.3 is 0 Å². The summed E-state index contributed by atoms with van der Waals surface area (Å²) < 4.78 is 5.26. The number of nitrogens with zero attached hydrogens (tertiary/aromatic N) is 4. The van der Waals surface area contributed by atoms with E-state index >= 15 is 0 Å². The molecule has 1 unspecified atom stereocenters. The van der Waals surface area contributed by atoms with E-state index < -0.39 is 0 Å². The van der Waals surface area contributed by atoms with Gasteiger partial charge in [-0.3, -0.25) is 9.80 Å². The zero-order valence-electron chi connectivity index (χ0n) is 12.5. The fraction of sp³-hybridized carbons (Fsp3) is 0.857. The second kappa shape index (κ2) is 6.20. The molecule has 2 aliphatic heterocycles. The van der Waals surface area contributed by atoms with Gasteiger partial charge < -0.3 is 9.84 Å². The molecule has 0 bridgehead atoms. The quantitative estimate of drug-likeness (QED) is 0.874. The van der Waals surface area contributed by atoms with Crippen LogP contribution in [0.15, 0.2) is 4.52 Å². The van der Waals surface area contributed by atoms with E-state index in [4.69, 9.17) is 4.52 Å². The first-order valence-corrected chi connectivity index (χ1v) is 7.72. The van der Waals surface area contributed by atoms with Crippen LogP contribution in [0, 0.1) is 0 Å². The van der Waals surface area contributed by atoms with Crippen molar-refractivity contribution in [2.75, 3.05) is 39.3 Å². The first-order chi connectivity index (χ1) is 9.72. The van der Waals surface area contributed by atoms with Gasteiger partial charge in [0.2, 0.25) is 5.89 Å². The molecule has 1 atom stereocenters. The maximum atomic E-state index is 5.26. The summed E-state index contributed by atoms with van der Waals surface area (Å²) in [5.41, 5.74) is 0. The molecule has 0 aliphatic carbocycles. The summed E-state index contributed by atoms with van der Waals surface area (Å²) in [6, 6.07) is 0.745. The molecular formula is C14H25N5O. The number of nitrogens with one attached hydrogen (secondary N) is 1. The largest absolute Gasteiger partial charge is 0.339 e. The van der Waals surface area contributed by atoms with Gasteiger partial charge in [0, 0.05) is 44.7 Å². The van der Waals surface area contributed by atoms with Crippen LogP contribution < -0.4 is 5.32 Å². The van der Waals surface area contributed by atoms with E-state index in [9.17, 15) is 0 Å².